The van der Waals surface area contributed by atoms with Crippen molar-refractivity contribution in [3.05, 3.63) is 71.8 Å². The maximum Gasteiger partial charge on any atom is 0.408 e. The van der Waals surface area contributed by atoms with E-state index in [-0.39, 0.29) is 31.7 Å². The summed E-state index contributed by atoms with van der Waals surface area (Å²) in [6.07, 6.45) is 0.616. The monoisotopic (exact) mass is 383 g/mol. The van der Waals surface area contributed by atoms with E-state index < -0.39 is 18.1 Å². The summed E-state index contributed by atoms with van der Waals surface area (Å²) in [6.45, 7) is 0.362. The summed E-state index contributed by atoms with van der Waals surface area (Å²) in [5, 5.41) is 11.9. The van der Waals surface area contributed by atoms with Crippen molar-refractivity contribution in [1.82, 2.24) is 5.32 Å². The maximum absolute atomic E-state index is 12.5. The van der Waals surface area contributed by atoms with Crippen LogP contribution >= 0.6 is 0 Å². The number of carbonyl (C=O) groups is 2. The number of aliphatic hydroxyl groups excluding tert-OH is 1. The second kappa shape index (κ2) is 9.90. The highest BCUT2D eigenvalue weighted by Crippen LogP contribution is 2.41. The fourth-order valence-corrected chi connectivity index (χ4v) is 3.08. The first-order valence-electron chi connectivity index (χ1n) is 9.44. The average Bonchev–Trinajstić information content (AvgIpc) is 3.49. The number of hydrogen-bond donors (Lipinski definition) is 2. The zero-order valence-corrected chi connectivity index (χ0v) is 15.6. The highest BCUT2D eigenvalue weighted by molar-refractivity contribution is 5.81. The first kappa shape index (κ1) is 19.9. The van der Waals surface area contributed by atoms with Gasteiger partial charge in [-0.15, -0.1) is 0 Å². The second-order valence-corrected chi connectivity index (χ2v) is 7.03. The number of benzene rings is 2. The minimum Gasteiger partial charge on any atom is -0.459 e. The predicted molar refractivity (Wildman–Crippen MR) is 103 cm³/mol. The van der Waals surface area contributed by atoms with Crippen LogP contribution in [0.5, 0.6) is 0 Å². The van der Waals surface area contributed by atoms with Crippen molar-refractivity contribution in [2.45, 2.75) is 32.1 Å². The Morgan fingerprint density at radius 1 is 0.929 bits per heavy atom. The highest BCUT2D eigenvalue weighted by Gasteiger charge is 2.40. The molecular formula is C22H25NO5. The molecule has 148 valence electrons. The van der Waals surface area contributed by atoms with Gasteiger partial charge in [-0.3, -0.25) is 0 Å². The van der Waals surface area contributed by atoms with Crippen LogP contribution < -0.4 is 5.32 Å². The molecule has 1 fully saturated rings. The molecule has 0 radical (unpaired) electrons. The molecule has 3 rings (SSSR count). The summed E-state index contributed by atoms with van der Waals surface area (Å²) in [5.74, 6) is -0.107. The zero-order chi connectivity index (χ0) is 19.8. The van der Waals surface area contributed by atoms with Crippen LogP contribution in [0.1, 0.15) is 24.0 Å². The van der Waals surface area contributed by atoms with Gasteiger partial charge in [-0.2, -0.15) is 0 Å². The van der Waals surface area contributed by atoms with Crippen molar-refractivity contribution in [1.29, 1.82) is 0 Å². The van der Waals surface area contributed by atoms with Crippen LogP contribution in [0.25, 0.3) is 0 Å². The third-order valence-corrected chi connectivity index (χ3v) is 4.86. The van der Waals surface area contributed by atoms with Crippen LogP contribution in [-0.2, 0) is 27.5 Å². The molecule has 2 N–H and O–H groups in total. The molecule has 0 saturated heterocycles. The van der Waals surface area contributed by atoms with Gasteiger partial charge in [0.2, 0.25) is 0 Å². The van der Waals surface area contributed by atoms with E-state index in [9.17, 15) is 14.7 Å². The minimum atomic E-state index is -0.798. The molecule has 0 aromatic heterocycles. The Labute approximate surface area is 164 Å². The van der Waals surface area contributed by atoms with E-state index >= 15 is 0 Å². The molecule has 28 heavy (non-hydrogen) atoms. The quantitative estimate of drug-likeness (QED) is 0.650. The van der Waals surface area contributed by atoms with Gasteiger partial charge in [0.05, 0.1) is 0 Å². The first-order valence-corrected chi connectivity index (χ1v) is 9.44. The fourth-order valence-electron chi connectivity index (χ4n) is 3.08. The van der Waals surface area contributed by atoms with Crippen molar-refractivity contribution in [3.8, 4) is 0 Å². The lowest BCUT2D eigenvalue weighted by atomic mass is 10.1. The summed E-state index contributed by atoms with van der Waals surface area (Å²) < 4.78 is 10.6. The number of rotatable bonds is 9. The fraction of sp³-hybridized carbons (Fsp3) is 0.364. The van der Waals surface area contributed by atoms with Crippen LogP contribution in [-0.4, -0.2) is 29.8 Å². The van der Waals surface area contributed by atoms with E-state index in [1.165, 1.54) is 0 Å². The lowest BCUT2D eigenvalue weighted by Gasteiger charge is -2.18. The molecule has 1 aliphatic carbocycles. The van der Waals surface area contributed by atoms with Crippen LogP contribution in [0.2, 0.25) is 0 Å². The Hall–Kier alpha value is -2.86. The van der Waals surface area contributed by atoms with E-state index in [1.807, 2.05) is 60.7 Å². The van der Waals surface area contributed by atoms with Crippen molar-refractivity contribution in [2.24, 2.45) is 11.8 Å². The van der Waals surface area contributed by atoms with Crippen LogP contribution in [0.4, 0.5) is 4.79 Å². The molecule has 2 aromatic carbocycles. The molecule has 6 heteroatoms. The first-order chi connectivity index (χ1) is 13.7. The summed E-state index contributed by atoms with van der Waals surface area (Å²) in [6, 6.07) is 17.9. The number of carbonyl (C=O) groups excluding carboxylic acids is 2. The van der Waals surface area contributed by atoms with Crippen molar-refractivity contribution in [3.63, 3.8) is 0 Å². The van der Waals surface area contributed by atoms with Gasteiger partial charge < -0.3 is 19.9 Å². The van der Waals surface area contributed by atoms with E-state index in [4.69, 9.17) is 9.47 Å². The molecule has 0 unspecified atom stereocenters. The molecule has 0 aliphatic heterocycles. The molecular weight excluding hydrogens is 358 g/mol. The standard InChI is InChI=1S/C22H25NO5/c24-13-19-11-18(19)12-20(21(25)27-14-16-7-3-1-4-8-16)23-22(26)28-15-17-9-5-2-6-10-17/h1-10,18-20,24H,11-15H2,(H,23,26)/t18-,19-,20+/m1/s1. The second-order valence-electron chi connectivity index (χ2n) is 7.03. The Balaban J connectivity index is 1.53. The van der Waals surface area contributed by atoms with Crippen molar-refractivity contribution < 1.29 is 24.2 Å². The number of hydrogen-bond acceptors (Lipinski definition) is 5. The van der Waals surface area contributed by atoms with Gasteiger partial charge in [-0.25, -0.2) is 9.59 Å². The Morgan fingerprint density at radius 2 is 1.50 bits per heavy atom. The molecule has 1 saturated carbocycles. The average molecular weight is 383 g/mol. The molecule has 1 amide bonds. The highest BCUT2D eigenvalue weighted by atomic mass is 16.6. The summed E-state index contributed by atoms with van der Waals surface area (Å²) in [5.41, 5.74) is 1.74. The van der Waals surface area contributed by atoms with Crippen molar-refractivity contribution >= 4 is 12.1 Å². The lowest BCUT2D eigenvalue weighted by Crippen LogP contribution is -2.42. The van der Waals surface area contributed by atoms with Gasteiger partial charge in [0.1, 0.15) is 19.3 Å². The smallest absolute Gasteiger partial charge is 0.408 e. The van der Waals surface area contributed by atoms with E-state index in [0.29, 0.717) is 6.42 Å². The Morgan fingerprint density at radius 3 is 2.04 bits per heavy atom. The van der Waals surface area contributed by atoms with Gasteiger partial charge in [0, 0.05) is 6.61 Å². The topological polar surface area (TPSA) is 84.9 Å². The largest absolute Gasteiger partial charge is 0.459 e. The van der Waals surface area contributed by atoms with Crippen LogP contribution in [0.3, 0.4) is 0 Å². The van der Waals surface area contributed by atoms with E-state index in [1.54, 1.807) is 0 Å². The Bertz CT molecular complexity index is 765. The molecule has 3 atom stereocenters. The van der Waals surface area contributed by atoms with Gasteiger partial charge in [0.15, 0.2) is 0 Å². The SMILES string of the molecule is O=C(N[C@@H](C[C@H]1C[C@@H]1CO)C(=O)OCc1ccccc1)OCc1ccccc1. The third kappa shape index (κ3) is 6.09. The number of alkyl carbamates (subject to hydrolysis) is 1. The third-order valence-electron chi connectivity index (χ3n) is 4.86. The summed E-state index contributed by atoms with van der Waals surface area (Å²) in [4.78, 5) is 24.7. The van der Waals surface area contributed by atoms with Crippen molar-refractivity contribution in [2.75, 3.05) is 6.61 Å². The van der Waals surface area contributed by atoms with E-state index in [2.05, 4.69) is 5.32 Å². The van der Waals surface area contributed by atoms with Gasteiger partial charge in [0.25, 0.3) is 0 Å². The van der Waals surface area contributed by atoms with E-state index in [0.717, 1.165) is 17.5 Å². The summed E-state index contributed by atoms with van der Waals surface area (Å²) in [7, 11) is 0. The molecule has 0 spiro atoms. The van der Waals surface area contributed by atoms with Crippen LogP contribution in [0.15, 0.2) is 60.7 Å². The number of amides is 1. The Kier molecular flexibility index (Phi) is 7.03. The maximum atomic E-state index is 12.5. The minimum absolute atomic E-state index is 0.0922. The normalized spacial score (nSPS) is 18.8. The van der Waals surface area contributed by atoms with Gasteiger partial charge in [-0.05, 0) is 35.8 Å². The van der Waals surface area contributed by atoms with Gasteiger partial charge in [-0.1, -0.05) is 60.7 Å². The molecule has 2 aromatic rings. The number of aliphatic hydroxyl groups is 1. The molecule has 6 nitrogen and oxygen atoms in total. The summed E-state index contributed by atoms with van der Waals surface area (Å²) >= 11 is 0. The zero-order valence-electron chi connectivity index (χ0n) is 15.6. The lowest BCUT2D eigenvalue weighted by molar-refractivity contribution is -0.147. The number of esters is 1. The van der Waals surface area contributed by atoms with Crippen LogP contribution in [0, 0.1) is 11.8 Å². The number of ether oxygens (including phenoxy) is 2. The van der Waals surface area contributed by atoms with Gasteiger partial charge >= 0.3 is 12.1 Å². The molecule has 0 bridgehead atoms. The molecule has 0 heterocycles. The number of nitrogens with one attached hydrogen (secondary N) is 1. The predicted octanol–water partition coefficient (Wildman–Crippen LogP) is 3.04. The molecule has 1 aliphatic rings.